The quantitative estimate of drug-likeness (QED) is 0.604. The van der Waals surface area contributed by atoms with Gasteiger partial charge in [0.2, 0.25) is 0 Å². The Morgan fingerprint density at radius 1 is 0.941 bits per heavy atom. The van der Waals surface area contributed by atoms with Crippen molar-refractivity contribution in [2.75, 3.05) is 0 Å². The van der Waals surface area contributed by atoms with Gasteiger partial charge in [0.05, 0.1) is 0 Å². The summed E-state index contributed by atoms with van der Waals surface area (Å²) in [7, 11) is 0. The third-order valence-corrected chi connectivity index (χ3v) is 14.9. The van der Waals surface area contributed by atoms with Gasteiger partial charge in [0, 0.05) is 0 Å². The topological polar surface area (TPSA) is 0 Å². The zero-order valence-electron chi connectivity index (χ0n) is 11.6. The van der Waals surface area contributed by atoms with E-state index in [1.165, 1.54) is 34.2 Å². The first-order valence-corrected chi connectivity index (χ1v) is 12.6. The molecule has 1 rings (SSSR count). The van der Waals surface area contributed by atoms with Crippen LogP contribution in [-0.4, -0.2) is 13.3 Å². The van der Waals surface area contributed by atoms with E-state index in [9.17, 15) is 0 Å². The molecule has 0 nitrogen and oxygen atoms in total. The molecule has 1 aromatic carbocycles. The maximum atomic E-state index is 2.64. The average molecular weight is 291 g/mol. The van der Waals surface area contributed by atoms with Crippen LogP contribution in [0.3, 0.4) is 0 Å². The first-order valence-electron chi connectivity index (χ1n) is 6.98. The molecule has 0 aliphatic rings. The summed E-state index contributed by atoms with van der Waals surface area (Å²) in [5.41, 5.74) is 1.46. The molecule has 0 radical (unpaired) electrons. The van der Waals surface area contributed by atoms with Gasteiger partial charge in [-0.25, -0.2) is 0 Å². The molecule has 0 N–H and O–H groups in total. The van der Waals surface area contributed by atoms with Gasteiger partial charge in [-0.15, -0.1) is 0 Å². The van der Waals surface area contributed by atoms with Gasteiger partial charge in [0.15, 0.2) is 0 Å². The summed E-state index contributed by atoms with van der Waals surface area (Å²) in [5.74, 6) is 0. The zero-order valence-corrected chi connectivity index (χ0v) is 13.7. The van der Waals surface area contributed by atoms with Crippen LogP contribution < -0.4 is 0 Å². The Hall–Kier alpha value is -0.497. The normalized spacial score (nSPS) is 12.2. The van der Waals surface area contributed by atoms with Crippen LogP contribution in [0.15, 0.2) is 41.3 Å². The van der Waals surface area contributed by atoms with Crippen LogP contribution in [0.2, 0.25) is 15.8 Å². The van der Waals surface area contributed by atoms with Crippen molar-refractivity contribution in [1.29, 1.82) is 0 Å². The van der Waals surface area contributed by atoms with Crippen LogP contribution in [0, 0.1) is 0 Å². The fourth-order valence-electron chi connectivity index (χ4n) is 2.33. The molecule has 0 aliphatic carbocycles. The first-order chi connectivity index (χ1) is 8.26. The molecule has 0 heterocycles. The predicted octanol–water partition coefficient (Wildman–Crippen LogP) is 5.22. The molecule has 0 aromatic heterocycles. The summed E-state index contributed by atoms with van der Waals surface area (Å²) in [4.78, 5) is 2.64. The van der Waals surface area contributed by atoms with E-state index >= 15 is 0 Å². The monoisotopic (exact) mass is 292 g/mol. The third kappa shape index (κ3) is 4.71. The SMILES string of the molecule is C[CH2][Ge](/[CH]=C/CCc1ccccc1)([CH2]C)[CH2]C. The fraction of sp³-hybridized carbons (Fsp3) is 0.500. The average Bonchev–Trinajstić information content (AvgIpc) is 2.41. The number of hydrogen-bond acceptors (Lipinski definition) is 0. The standard InChI is InChI=1S/C16H26Ge/c1-4-17(5-2,6-3)15-11-10-14-16-12-8-7-9-13-16/h7-9,11-13,15H,4-6,10,14H2,1-3H3/b15-11+. The molecule has 0 aliphatic heterocycles. The van der Waals surface area contributed by atoms with Crippen molar-refractivity contribution in [3.8, 4) is 0 Å². The summed E-state index contributed by atoms with van der Waals surface area (Å²) < 4.78 is 0. The molecule has 17 heavy (non-hydrogen) atoms. The number of allylic oxidation sites excluding steroid dienone is 1. The minimum atomic E-state index is -1.55. The number of aryl methyl sites for hydroxylation is 1. The van der Waals surface area contributed by atoms with Crippen LogP contribution in [0.4, 0.5) is 0 Å². The molecule has 0 saturated carbocycles. The second-order valence-electron chi connectivity index (χ2n) is 4.85. The number of rotatable bonds is 7. The van der Waals surface area contributed by atoms with Crippen molar-refractivity contribution >= 4 is 13.3 Å². The number of benzene rings is 1. The molecule has 1 aromatic rings. The molecular formula is C16H26Ge. The number of hydrogen-bond donors (Lipinski definition) is 0. The fourth-order valence-corrected chi connectivity index (χ4v) is 8.36. The van der Waals surface area contributed by atoms with Crippen molar-refractivity contribution in [1.82, 2.24) is 0 Å². The van der Waals surface area contributed by atoms with Gasteiger partial charge < -0.3 is 0 Å². The molecular weight excluding hydrogens is 265 g/mol. The van der Waals surface area contributed by atoms with Crippen LogP contribution in [-0.2, 0) is 6.42 Å². The Bertz CT molecular complexity index is 314. The molecule has 0 saturated heterocycles. The summed E-state index contributed by atoms with van der Waals surface area (Å²) in [6.07, 6.45) is 4.85. The summed E-state index contributed by atoms with van der Waals surface area (Å²) in [6.45, 7) is 7.15. The van der Waals surface area contributed by atoms with Crippen LogP contribution in [0.25, 0.3) is 0 Å². The van der Waals surface area contributed by atoms with Gasteiger partial charge in [-0.2, -0.15) is 0 Å². The Morgan fingerprint density at radius 3 is 2.06 bits per heavy atom. The van der Waals surface area contributed by atoms with E-state index in [1.807, 2.05) is 0 Å². The van der Waals surface area contributed by atoms with E-state index in [0.717, 1.165) is 0 Å². The van der Waals surface area contributed by atoms with Crippen molar-refractivity contribution in [3.63, 3.8) is 0 Å². The van der Waals surface area contributed by atoms with Crippen molar-refractivity contribution in [3.05, 3.63) is 46.9 Å². The van der Waals surface area contributed by atoms with Gasteiger partial charge in [0.1, 0.15) is 0 Å². The van der Waals surface area contributed by atoms with E-state index in [2.05, 4.69) is 62.1 Å². The van der Waals surface area contributed by atoms with Gasteiger partial charge in [0.25, 0.3) is 0 Å². The second kappa shape index (κ2) is 7.76. The summed E-state index contributed by atoms with van der Waals surface area (Å²) in [6, 6.07) is 10.8. The third-order valence-electron chi connectivity index (χ3n) is 4.03. The van der Waals surface area contributed by atoms with Gasteiger partial charge in [-0.1, -0.05) is 0 Å². The zero-order chi connectivity index (χ0) is 12.6. The minimum absolute atomic E-state index is 1.19. The van der Waals surface area contributed by atoms with Crippen molar-refractivity contribution in [2.24, 2.45) is 0 Å². The van der Waals surface area contributed by atoms with Crippen molar-refractivity contribution in [2.45, 2.75) is 49.4 Å². The maximum absolute atomic E-state index is 2.64. The Labute approximate surface area is 109 Å². The van der Waals surface area contributed by atoms with Gasteiger partial charge >= 0.3 is 110 Å². The molecule has 1 heteroatoms. The summed E-state index contributed by atoms with van der Waals surface area (Å²) in [5, 5.41) is 4.32. The van der Waals surface area contributed by atoms with Crippen LogP contribution in [0.1, 0.15) is 32.8 Å². The molecule has 0 amide bonds. The molecule has 0 atom stereocenters. The van der Waals surface area contributed by atoms with Gasteiger partial charge in [-0.05, 0) is 0 Å². The predicted molar refractivity (Wildman–Crippen MR) is 81.1 cm³/mol. The summed E-state index contributed by atoms with van der Waals surface area (Å²) >= 11 is -1.55. The van der Waals surface area contributed by atoms with Gasteiger partial charge in [-0.3, -0.25) is 0 Å². The molecule has 0 unspecified atom stereocenters. The van der Waals surface area contributed by atoms with E-state index in [4.69, 9.17) is 0 Å². The van der Waals surface area contributed by atoms with E-state index < -0.39 is 13.3 Å². The first kappa shape index (κ1) is 14.6. The second-order valence-corrected chi connectivity index (χ2v) is 15.7. The molecule has 0 fully saturated rings. The Morgan fingerprint density at radius 2 is 1.53 bits per heavy atom. The Balaban J connectivity index is 2.44. The van der Waals surface area contributed by atoms with Crippen LogP contribution in [0.5, 0.6) is 0 Å². The Kier molecular flexibility index (Phi) is 6.65. The van der Waals surface area contributed by atoms with Crippen LogP contribution >= 0.6 is 0 Å². The van der Waals surface area contributed by atoms with Crippen molar-refractivity contribution < 1.29 is 0 Å². The van der Waals surface area contributed by atoms with E-state index in [0.29, 0.717) is 0 Å². The molecule has 94 valence electrons. The molecule has 0 bridgehead atoms. The van der Waals surface area contributed by atoms with E-state index in [-0.39, 0.29) is 0 Å². The van der Waals surface area contributed by atoms with E-state index in [1.54, 1.807) is 0 Å². The molecule has 0 spiro atoms.